The maximum absolute atomic E-state index is 12.5. The van der Waals surface area contributed by atoms with Crippen LogP contribution in [0.15, 0.2) is 30.3 Å². The first-order valence-corrected chi connectivity index (χ1v) is 10.8. The highest BCUT2D eigenvalue weighted by atomic mass is 16.7. The van der Waals surface area contributed by atoms with Gasteiger partial charge in [-0.15, -0.1) is 0 Å². The Hall–Kier alpha value is -2.44. The van der Waals surface area contributed by atoms with Crippen molar-refractivity contribution in [1.29, 1.82) is 0 Å². The molecule has 1 aromatic rings. The van der Waals surface area contributed by atoms with Gasteiger partial charge in [0.1, 0.15) is 6.61 Å². The first kappa shape index (κ1) is 25.2. The molecule has 1 amide bonds. The molecule has 178 valence electrons. The van der Waals surface area contributed by atoms with E-state index in [1.807, 2.05) is 30.3 Å². The number of ether oxygens (including phenoxy) is 3. The van der Waals surface area contributed by atoms with Gasteiger partial charge in [0.2, 0.25) is 5.91 Å². The molecule has 2 aliphatic heterocycles. The summed E-state index contributed by atoms with van der Waals surface area (Å²) in [5, 5.41) is 2.68. The Morgan fingerprint density at radius 3 is 2.33 bits per heavy atom. The van der Waals surface area contributed by atoms with E-state index in [-0.39, 0.29) is 46.7 Å². The standard InChI is InChI=1S/C20H28B2N2O9/c1-28-18(25)11-17(12-19(26)30-13-16-5-3-2-4-6-16)20(27)23-7-8-29-9-10-33-24(21-14-31-21)22-15-32-22/h2-6,17H,7-15H2,1H3,(H,23,27)/t17-/m1/s1. The van der Waals surface area contributed by atoms with Gasteiger partial charge in [0, 0.05) is 6.54 Å². The minimum atomic E-state index is -0.894. The maximum Gasteiger partial charge on any atom is 0.422 e. The Kier molecular flexibility index (Phi) is 10.2. The number of hydrogen-bond acceptors (Lipinski definition) is 10. The highest BCUT2D eigenvalue weighted by Gasteiger charge is 2.51. The summed E-state index contributed by atoms with van der Waals surface area (Å²) in [5.41, 5.74) is 0.832. The van der Waals surface area contributed by atoms with Crippen LogP contribution in [0.25, 0.3) is 0 Å². The number of amides is 1. The number of hydrogen-bond donors (Lipinski definition) is 1. The third-order valence-corrected chi connectivity index (χ3v) is 4.88. The molecule has 0 radical (unpaired) electrons. The third-order valence-electron chi connectivity index (χ3n) is 4.88. The van der Waals surface area contributed by atoms with Crippen LogP contribution in [-0.4, -0.2) is 83.3 Å². The van der Waals surface area contributed by atoms with E-state index < -0.39 is 23.8 Å². The van der Waals surface area contributed by atoms with Crippen molar-refractivity contribution in [2.45, 2.75) is 19.4 Å². The van der Waals surface area contributed by atoms with Gasteiger partial charge < -0.3 is 33.7 Å². The average Bonchev–Trinajstić information content (AvgIpc) is 3.74. The van der Waals surface area contributed by atoms with Crippen LogP contribution >= 0.6 is 0 Å². The summed E-state index contributed by atoms with van der Waals surface area (Å²) >= 11 is 0. The van der Waals surface area contributed by atoms with Crippen LogP contribution in [0.5, 0.6) is 0 Å². The molecule has 0 aliphatic carbocycles. The molecule has 0 saturated carbocycles. The number of esters is 2. The quantitative estimate of drug-likeness (QED) is 0.116. The largest absolute Gasteiger partial charge is 0.469 e. The monoisotopic (exact) mass is 462 g/mol. The first-order valence-electron chi connectivity index (χ1n) is 10.8. The van der Waals surface area contributed by atoms with Crippen LogP contribution in [0.3, 0.4) is 0 Å². The Morgan fingerprint density at radius 2 is 1.70 bits per heavy atom. The lowest BCUT2D eigenvalue weighted by atomic mass is 9.81. The highest BCUT2D eigenvalue weighted by molar-refractivity contribution is 6.73. The second-order valence-corrected chi connectivity index (χ2v) is 7.50. The minimum Gasteiger partial charge on any atom is -0.469 e. The first-order chi connectivity index (χ1) is 16.1. The molecule has 1 atom stereocenters. The topological polar surface area (TPSA) is 128 Å². The molecule has 2 heterocycles. The number of carbonyl (C=O) groups is 3. The lowest BCUT2D eigenvalue weighted by molar-refractivity contribution is -0.150. The van der Waals surface area contributed by atoms with E-state index in [4.69, 9.17) is 23.6 Å². The second-order valence-electron chi connectivity index (χ2n) is 7.50. The molecular formula is C20H28B2N2O9. The molecular weight excluding hydrogens is 434 g/mol. The number of nitrogens with zero attached hydrogens (tertiary/aromatic N) is 1. The van der Waals surface area contributed by atoms with Gasteiger partial charge in [0.15, 0.2) is 0 Å². The summed E-state index contributed by atoms with van der Waals surface area (Å²) in [6, 6.07) is 9.19. The van der Waals surface area contributed by atoms with Crippen molar-refractivity contribution >= 4 is 31.9 Å². The SMILES string of the molecule is COC(=O)C[C@H](CC(=O)OCc1ccccc1)C(=O)NCCOCCON(B1CO1)B1CO1. The number of benzene rings is 1. The molecule has 2 aliphatic rings. The Morgan fingerprint density at radius 1 is 1.03 bits per heavy atom. The summed E-state index contributed by atoms with van der Waals surface area (Å²) in [6.45, 7) is 2.46. The normalized spacial score (nSPS) is 15.2. The van der Waals surface area contributed by atoms with Gasteiger partial charge in [-0.1, -0.05) is 30.3 Å². The lowest BCUT2D eigenvalue weighted by Crippen LogP contribution is -2.38. The molecule has 0 unspecified atom stereocenters. The summed E-state index contributed by atoms with van der Waals surface area (Å²) in [4.78, 5) is 43.6. The molecule has 0 spiro atoms. The van der Waals surface area contributed by atoms with Crippen LogP contribution in [0.2, 0.25) is 0 Å². The maximum atomic E-state index is 12.5. The summed E-state index contributed by atoms with van der Waals surface area (Å²) in [7, 11) is 1.12. The van der Waals surface area contributed by atoms with Gasteiger partial charge in [-0.05, 0) is 5.56 Å². The van der Waals surface area contributed by atoms with Crippen molar-refractivity contribution in [2.24, 2.45) is 5.92 Å². The van der Waals surface area contributed by atoms with Gasteiger partial charge in [-0.3, -0.25) is 14.4 Å². The third kappa shape index (κ3) is 9.52. The van der Waals surface area contributed by atoms with E-state index in [0.29, 0.717) is 26.2 Å². The van der Waals surface area contributed by atoms with E-state index in [1.54, 1.807) is 4.89 Å². The predicted molar refractivity (Wildman–Crippen MR) is 116 cm³/mol. The molecule has 33 heavy (non-hydrogen) atoms. The van der Waals surface area contributed by atoms with E-state index >= 15 is 0 Å². The molecule has 2 saturated heterocycles. The molecule has 2 fully saturated rings. The van der Waals surface area contributed by atoms with E-state index in [9.17, 15) is 14.4 Å². The van der Waals surface area contributed by atoms with Gasteiger partial charge >= 0.3 is 26.0 Å². The molecule has 1 aromatic carbocycles. The fourth-order valence-corrected chi connectivity index (χ4v) is 2.97. The highest BCUT2D eigenvalue weighted by Crippen LogP contribution is 2.19. The summed E-state index contributed by atoms with van der Waals surface area (Å²) < 4.78 is 25.7. The fraction of sp³-hybridized carbons (Fsp3) is 0.550. The Labute approximate surface area is 193 Å². The Balaban J connectivity index is 1.31. The minimum absolute atomic E-state index is 0.0529. The zero-order valence-corrected chi connectivity index (χ0v) is 18.6. The molecule has 0 bridgehead atoms. The van der Waals surface area contributed by atoms with Crippen molar-refractivity contribution in [3.8, 4) is 0 Å². The van der Waals surface area contributed by atoms with Crippen molar-refractivity contribution in [3.63, 3.8) is 0 Å². The molecule has 13 heteroatoms. The van der Waals surface area contributed by atoms with E-state index in [2.05, 4.69) is 10.1 Å². The molecule has 0 aromatic heterocycles. The van der Waals surface area contributed by atoms with Crippen LogP contribution in [0.4, 0.5) is 0 Å². The van der Waals surface area contributed by atoms with Gasteiger partial charge in [0.25, 0.3) is 0 Å². The van der Waals surface area contributed by atoms with Gasteiger partial charge in [-0.2, -0.15) is 0 Å². The number of nitrogens with one attached hydrogen (secondary N) is 1. The number of rotatable bonds is 16. The summed E-state index contributed by atoms with van der Waals surface area (Å²) in [6.07, 6.45) is -0.454. The van der Waals surface area contributed by atoms with Crippen molar-refractivity contribution in [2.75, 3.05) is 46.5 Å². The Bertz CT molecular complexity index is 766. The number of carbonyl (C=O) groups excluding carboxylic acids is 3. The smallest absolute Gasteiger partial charge is 0.422 e. The zero-order chi connectivity index (χ0) is 23.5. The number of methoxy groups -OCH3 is 1. The molecule has 11 nitrogen and oxygen atoms in total. The lowest BCUT2D eigenvalue weighted by Gasteiger charge is -2.16. The van der Waals surface area contributed by atoms with Crippen molar-refractivity contribution < 1.29 is 42.7 Å². The van der Waals surface area contributed by atoms with Crippen molar-refractivity contribution in [1.82, 2.24) is 10.2 Å². The van der Waals surface area contributed by atoms with Crippen LogP contribution in [-0.2, 0) is 49.3 Å². The molecule has 1 N–H and O–H groups in total. The van der Waals surface area contributed by atoms with E-state index in [1.165, 1.54) is 7.11 Å². The van der Waals surface area contributed by atoms with Gasteiger partial charge in [0.05, 0.1) is 58.7 Å². The fourth-order valence-electron chi connectivity index (χ4n) is 2.97. The average molecular weight is 462 g/mol. The van der Waals surface area contributed by atoms with E-state index in [0.717, 1.165) is 5.56 Å². The second kappa shape index (κ2) is 13.3. The van der Waals surface area contributed by atoms with Crippen molar-refractivity contribution in [3.05, 3.63) is 35.9 Å². The van der Waals surface area contributed by atoms with Gasteiger partial charge in [-0.25, -0.2) is 4.89 Å². The van der Waals surface area contributed by atoms with Crippen LogP contribution in [0, 0.1) is 5.92 Å². The predicted octanol–water partition coefficient (Wildman–Crippen LogP) is -0.219. The zero-order valence-electron chi connectivity index (χ0n) is 18.6. The summed E-state index contributed by atoms with van der Waals surface area (Å²) in [5.74, 6) is -2.49. The molecule has 3 rings (SSSR count). The van der Waals surface area contributed by atoms with Crippen LogP contribution in [0.1, 0.15) is 18.4 Å². The van der Waals surface area contributed by atoms with Crippen LogP contribution < -0.4 is 5.32 Å².